The van der Waals surface area contributed by atoms with Crippen molar-refractivity contribution in [2.45, 2.75) is 38.4 Å². The molecule has 0 aliphatic rings. The topological polar surface area (TPSA) is 38.7 Å². The van der Waals surface area contributed by atoms with E-state index in [-0.39, 0.29) is 12.9 Å². The Bertz CT molecular complexity index is 220. The normalized spacial score (nSPS) is 16.1. The van der Waals surface area contributed by atoms with Crippen LogP contribution in [0, 0.1) is 18.3 Å². The average molecular weight is 226 g/mol. The van der Waals surface area contributed by atoms with Gasteiger partial charge in [0.05, 0.1) is 12.2 Å². The van der Waals surface area contributed by atoms with E-state index in [0.29, 0.717) is 18.8 Å². The van der Waals surface area contributed by atoms with Gasteiger partial charge in [0.2, 0.25) is 0 Å². The molecule has 0 bridgehead atoms. The average Bonchev–Trinajstić information content (AvgIpc) is 2.24. The quantitative estimate of drug-likeness (QED) is 0.371. The van der Waals surface area contributed by atoms with Crippen LogP contribution in [0.2, 0.25) is 0 Å². The van der Waals surface area contributed by atoms with Crippen molar-refractivity contribution in [2.24, 2.45) is 5.92 Å². The summed E-state index contributed by atoms with van der Waals surface area (Å²) in [6.07, 6.45) is 8.16. The smallest absolute Gasteiger partial charge is 0.146 e. The summed E-state index contributed by atoms with van der Waals surface area (Å²) in [6, 6.07) is 0. The Morgan fingerprint density at radius 3 is 2.75 bits per heavy atom. The zero-order valence-electron chi connectivity index (χ0n) is 10.2. The van der Waals surface area contributed by atoms with Crippen LogP contribution in [0.15, 0.2) is 12.7 Å². The Kier molecular flexibility index (Phi) is 8.93. The lowest BCUT2D eigenvalue weighted by atomic mass is 9.95. The minimum absolute atomic E-state index is 0.0544. The van der Waals surface area contributed by atoms with Gasteiger partial charge in [-0.1, -0.05) is 13.0 Å². The second-order valence-electron chi connectivity index (χ2n) is 3.91. The zero-order chi connectivity index (χ0) is 12.4. The maximum atomic E-state index is 9.65. The van der Waals surface area contributed by atoms with E-state index in [1.807, 2.05) is 6.08 Å². The molecule has 0 aliphatic carbocycles. The lowest BCUT2D eigenvalue weighted by molar-refractivity contribution is -0.101. The molecule has 3 nitrogen and oxygen atoms in total. The molecule has 0 rings (SSSR count). The van der Waals surface area contributed by atoms with Crippen molar-refractivity contribution in [3.05, 3.63) is 12.7 Å². The first-order valence-corrected chi connectivity index (χ1v) is 5.48. The highest BCUT2D eigenvalue weighted by Crippen LogP contribution is 2.18. The Labute approximate surface area is 98.4 Å². The largest absolute Gasteiger partial charge is 0.392 e. The fraction of sp³-hybridized carbons (Fsp3) is 0.692. The molecule has 3 heteroatoms. The van der Waals surface area contributed by atoms with Crippen molar-refractivity contribution in [1.82, 2.24) is 0 Å². The van der Waals surface area contributed by atoms with Crippen molar-refractivity contribution >= 4 is 0 Å². The maximum absolute atomic E-state index is 9.65. The summed E-state index contributed by atoms with van der Waals surface area (Å²) in [5, 5.41) is 9.65. The van der Waals surface area contributed by atoms with Gasteiger partial charge in [-0.3, -0.25) is 0 Å². The first kappa shape index (κ1) is 15.2. The number of terminal acetylenes is 1. The molecule has 0 aliphatic heterocycles. The van der Waals surface area contributed by atoms with Gasteiger partial charge in [-0.15, -0.1) is 18.9 Å². The highest BCUT2D eigenvalue weighted by atomic mass is 16.7. The number of allylic oxidation sites excluding steroid dienone is 1. The monoisotopic (exact) mass is 226 g/mol. The number of aliphatic hydroxyl groups is 1. The molecular formula is C13H22O3. The summed E-state index contributed by atoms with van der Waals surface area (Å²) >= 11 is 0. The van der Waals surface area contributed by atoms with Gasteiger partial charge in [-0.05, 0) is 12.3 Å². The van der Waals surface area contributed by atoms with Crippen LogP contribution >= 0.6 is 0 Å². The van der Waals surface area contributed by atoms with Crippen LogP contribution in [0.1, 0.15) is 26.2 Å². The van der Waals surface area contributed by atoms with E-state index in [4.69, 9.17) is 15.9 Å². The van der Waals surface area contributed by atoms with Gasteiger partial charge in [0, 0.05) is 20.0 Å². The molecule has 0 amide bonds. The summed E-state index contributed by atoms with van der Waals surface area (Å²) in [5.74, 6) is 2.73. The van der Waals surface area contributed by atoms with E-state index in [2.05, 4.69) is 19.4 Å². The molecule has 0 aromatic heterocycles. The van der Waals surface area contributed by atoms with E-state index in [1.54, 1.807) is 7.11 Å². The molecular weight excluding hydrogens is 204 g/mol. The SMILES string of the molecule is C#CC[C@@H](O)C[C@@H](OCOC)[C@@H](C)CC=C. The second kappa shape index (κ2) is 9.41. The molecule has 0 unspecified atom stereocenters. The van der Waals surface area contributed by atoms with Crippen LogP contribution in [-0.2, 0) is 9.47 Å². The molecule has 0 heterocycles. The summed E-state index contributed by atoms with van der Waals surface area (Å²) < 4.78 is 10.4. The molecule has 3 atom stereocenters. The van der Waals surface area contributed by atoms with E-state index in [0.717, 1.165) is 6.42 Å². The van der Waals surface area contributed by atoms with E-state index < -0.39 is 6.10 Å². The molecule has 92 valence electrons. The standard InChI is InChI=1S/C13H22O3/c1-5-7-11(3)13(16-10-15-4)9-12(14)8-6-2/h2,5,11-14H,1,7-10H2,3-4H3/t11-,12+,13+/m0/s1. The summed E-state index contributed by atoms with van der Waals surface area (Å²) in [5.41, 5.74) is 0. The number of aliphatic hydroxyl groups excluding tert-OH is 1. The predicted octanol–water partition coefficient (Wildman–Crippen LogP) is 1.96. The lowest BCUT2D eigenvalue weighted by Gasteiger charge is -2.25. The van der Waals surface area contributed by atoms with E-state index in [9.17, 15) is 5.11 Å². The second-order valence-corrected chi connectivity index (χ2v) is 3.91. The number of hydrogen-bond acceptors (Lipinski definition) is 3. The third-order valence-corrected chi connectivity index (χ3v) is 2.43. The fourth-order valence-electron chi connectivity index (χ4n) is 1.52. The third-order valence-electron chi connectivity index (χ3n) is 2.43. The number of methoxy groups -OCH3 is 1. The number of hydrogen-bond donors (Lipinski definition) is 1. The van der Waals surface area contributed by atoms with Crippen LogP contribution in [0.3, 0.4) is 0 Å². The van der Waals surface area contributed by atoms with Crippen molar-refractivity contribution in [3.63, 3.8) is 0 Å². The number of rotatable bonds is 9. The van der Waals surface area contributed by atoms with Gasteiger partial charge in [-0.25, -0.2) is 0 Å². The highest BCUT2D eigenvalue weighted by Gasteiger charge is 2.20. The maximum Gasteiger partial charge on any atom is 0.146 e. The molecule has 0 saturated heterocycles. The first-order chi connectivity index (χ1) is 7.65. The van der Waals surface area contributed by atoms with Gasteiger partial charge in [0.25, 0.3) is 0 Å². The molecule has 1 N–H and O–H groups in total. The summed E-state index contributed by atoms with van der Waals surface area (Å²) in [7, 11) is 1.58. The van der Waals surface area contributed by atoms with Crippen LogP contribution in [-0.4, -0.2) is 31.2 Å². The van der Waals surface area contributed by atoms with E-state index in [1.165, 1.54) is 0 Å². The highest BCUT2D eigenvalue weighted by molar-refractivity contribution is 4.88. The predicted molar refractivity (Wildman–Crippen MR) is 64.8 cm³/mol. The van der Waals surface area contributed by atoms with Gasteiger partial charge in [0.15, 0.2) is 0 Å². The van der Waals surface area contributed by atoms with Crippen LogP contribution < -0.4 is 0 Å². The Hall–Kier alpha value is -0.820. The van der Waals surface area contributed by atoms with Gasteiger partial charge >= 0.3 is 0 Å². The minimum atomic E-state index is -0.515. The van der Waals surface area contributed by atoms with Crippen LogP contribution in [0.5, 0.6) is 0 Å². The Morgan fingerprint density at radius 2 is 2.25 bits per heavy atom. The van der Waals surface area contributed by atoms with Gasteiger partial charge in [0.1, 0.15) is 6.79 Å². The van der Waals surface area contributed by atoms with E-state index >= 15 is 0 Å². The van der Waals surface area contributed by atoms with Crippen molar-refractivity contribution in [1.29, 1.82) is 0 Å². The summed E-state index contributed by atoms with van der Waals surface area (Å²) in [4.78, 5) is 0. The Morgan fingerprint density at radius 1 is 1.56 bits per heavy atom. The van der Waals surface area contributed by atoms with Crippen LogP contribution in [0.25, 0.3) is 0 Å². The van der Waals surface area contributed by atoms with Crippen molar-refractivity contribution < 1.29 is 14.6 Å². The zero-order valence-corrected chi connectivity index (χ0v) is 10.2. The molecule has 0 saturated carbocycles. The van der Waals surface area contributed by atoms with Gasteiger partial charge < -0.3 is 14.6 Å². The van der Waals surface area contributed by atoms with Crippen molar-refractivity contribution in [2.75, 3.05) is 13.9 Å². The molecule has 0 radical (unpaired) electrons. The lowest BCUT2D eigenvalue weighted by Crippen LogP contribution is -2.27. The molecule has 0 aromatic rings. The minimum Gasteiger partial charge on any atom is -0.392 e. The Balaban J connectivity index is 4.18. The number of ether oxygens (including phenoxy) is 2. The van der Waals surface area contributed by atoms with Crippen LogP contribution in [0.4, 0.5) is 0 Å². The molecule has 0 aromatic carbocycles. The summed E-state index contributed by atoms with van der Waals surface area (Å²) in [6.45, 7) is 5.99. The molecule has 0 spiro atoms. The molecule has 16 heavy (non-hydrogen) atoms. The first-order valence-electron chi connectivity index (χ1n) is 5.48. The van der Waals surface area contributed by atoms with Crippen molar-refractivity contribution in [3.8, 4) is 12.3 Å². The third kappa shape index (κ3) is 6.62. The fourth-order valence-corrected chi connectivity index (χ4v) is 1.52. The molecule has 0 fully saturated rings. The van der Waals surface area contributed by atoms with Gasteiger partial charge in [-0.2, -0.15) is 0 Å².